The van der Waals surface area contributed by atoms with Crippen LogP contribution in [-0.4, -0.2) is 20.3 Å². The molecule has 0 saturated heterocycles. The molecular weight excluding hydrogens is 308 g/mol. The summed E-state index contributed by atoms with van der Waals surface area (Å²) in [5.41, 5.74) is -0.520. The standard InChI is InChI=1S/C18H20O4Si/c1-4-18(19)20-15(2)23(3,21-16-11-7-5-8-12-16)22-17-13-9-6-10-14-17/h4-15H,1H2,2-3H3. The number of carbonyl (C=O) groups excluding carboxylic acids is 1. The molecule has 23 heavy (non-hydrogen) atoms. The van der Waals surface area contributed by atoms with Crippen molar-refractivity contribution in [2.45, 2.75) is 19.2 Å². The quantitative estimate of drug-likeness (QED) is 0.440. The summed E-state index contributed by atoms with van der Waals surface area (Å²) in [5, 5.41) is 0. The molecular formula is C18H20O4Si. The Morgan fingerprint density at radius 2 is 1.43 bits per heavy atom. The molecule has 0 aromatic heterocycles. The summed E-state index contributed by atoms with van der Waals surface area (Å²) in [5.74, 6) is 0.864. The van der Waals surface area contributed by atoms with Crippen LogP contribution in [0.15, 0.2) is 73.3 Å². The maximum Gasteiger partial charge on any atom is 0.499 e. The lowest BCUT2D eigenvalue weighted by Gasteiger charge is -2.32. The van der Waals surface area contributed by atoms with Crippen molar-refractivity contribution in [2.75, 3.05) is 0 Å². The van der Waals surface area contributed by atoms with Gasteiger partial charge in [0.05, 0.1) is 0 Å². The summed E-state index contributed by atoms with van der Waals surface area (Å²) in [6.45, 7) is 7.07. The van der Waals surface area contributed by atoms with Gasteiger partial charge in [-0.2, -0.15) is 0 Å². The van der Waals surface area contributed by atoms with Crippen LogP contribution in [0, 0.1) is 0 Å². The number of carbonyl (C=O) groups is 1. The van der Waals surface area contributed by atoms with Crippen molar-refractivity contribution in [3.05, 3.63) is 73.3 Å². The molecule has 0 spiro atoms. The highest BCUT2D eigenvalue weighted by Gasteiger charge is 2.46. The highest BCUT2D eigenvalue weighted by Crippen LogP contribution is 2.24. The van der Waals surface area contributed by atoms with Crippen LogP contribution in [0.5, 0.6) is 11.5 Å². The topological polar surface area (TPSA) is 44.8 Å². The Balaban J connectivity index is 2.25. The lowest BCUT2D eigenvalue weighted by atomic mass is 10.3. The van der Waals surface area contributed by atoms with Gasteiger partial charge in [-0.25, -0.2) is 4.79 Å². The molecule has 4 nitrogen and oxygen atoms in total. The second-order valence-corrected chi connectivity index (χ2v) is 8.38. The molecule has 0 saturated carbocycles. The molecule has 2 aromatic carbocycles. The molecule has 1 unspecified atom stereocenters. The molecule has 0 aliphatic rings. The van der Waals surface area contributed by atoms with E-state index in [0.29, 0.717) is 11.5 Å². The Labute approximate surface area is 137 Å². The summed E-state index contributed by atoms with van der Waals surface area (Å²) in [7, 11) is -2.90. The average molecular weight is 328 g/mol. The Morgan fingerprint density at radius 1 is 1.00 bits per heavy atom. The van der Waals surface area contributed by atoms with Crippen molar-refractivity contribution in [3.63, 3.8) is 0 Å². The largest absolute Gasteiger partial charge is 0.510 e. The zero-order valence-electron chi connectivity index (χ0n) is 13.3. The molecule has 0 N–H and O–H groups in total. The lowest BCUT2D eigenvalue weighted by Crippen LogP contribution is -2.56. The number of para-hydroxylation sites is 2. The third kappa shape index (κ3) is 4.72. The number of hydrogen-bond donors (Lipinski definition) is 0. The van der Waals surface area contributed by atoms with Crippen LogP contribution in [-0.2, 0) is 9.53 Å². The fourth-order valence-electron chi connectivity index (χ4n) is 1.96. The fourth-order valence-corrected chi connectivity index (χ4v) is 3.87. The van der Waals surface area contributed by atoms with Crippen molar-refractivity contribution in [3.8, 4) is 11.5 Å². The first kappa shape index (κ1) is 16.8. The molecule has 0 fully saturated rings. The normalized spacial score (nSPS) is 12.1. The van der Waals surface area contributed by atoms with Gasteiger partial charge in [-0.3, -0.25) is 0 Å². The predicted octanol–water partition coefficient (Wildman–Crippen LogP) is 3.87. The van der Waals surface area contributed by atoms with Gasteiger partial charge in [0.25, 0.3) is 0 Å². The Bertz CT molecular complexity index is 601. The fraction of sp³-hybridized carbons (Fsp3) is 0.167. The lowest BCUT2D eigenvalue weighted by molar-refractivity contribution is -0.140. The summed E-state index contributed by atoms with van der Waals surface area (Å²) >= 11 is 0. The average Bonchev–Trinajstić information content (AvgIpc) is 2.56. The van der Waals surface area contributed by atoms with E-state index < -0.39 is 20.3 Å². The minimum absolute atomic E-state index is 0.496. The van der Waals surface area contributed by atoms with Crippen LogP contribution in [0.25, 0.3) is 0 Å². The molecule has 2 aromatic rings. The van der Waals surface area contributed by atoms with E-state index >= 15 is 0 Å². The summed E-state index contributed by atoms with van der Waals surface area (Å²) in [6.07, 6.45) is 1.14. The van der Waals surface area contributed by atoms with Crippen molar-refractivity contribution >= 4 is 14.5 Å². The van der Waals surface area contributed by atoms with Gasteiger partial charge in [0.1, 0.15) is 11.5 Å². The molecule has 0 bridgehead atoms. The molecule has 120 valence electrons. The SMILES string of the molecule is C=CC(=O)OC(C)[Si](C)(Oc1ccccc1)Oc1ccccc1. The van der Waals surface area contributed by atoms with Crippen LogP contribution in [0.1, 0.15) is 6.92 Å². The van der Waals surface area contributed by atoms with Crippen molar-refractivity contribution in [1.82, 2.24) is 0 Å². The second kappa shape index (κ2) is 7.65. The molecule has 0 aliphatic heterocycles. The Morgan fingerprint density at radius 3 is 1.83 bits per heavy atom. The van der Waals surface area contributed by atoms with Gasteiger partial charge < -0.3 is 13.6 Å². The monoisotopic (exact) mass is 328 g/mol. The third-order valence-corrected chi connectivity index (χ3v) is 6.20. The smallest absolute Gasteiger partial charge is 0.499 e. The molecule has 0 amide bonds. The van der Waals surface area contributed by atoms with E-state index in [0.717, 1.165) is 6.08 Å². The summed E-state index contributed by atoms with van der Waals surface area (Å²) in [4.78, 5) is 11.5. The first-order valence-electron chi connectivity index (χ1n) is 7.34. The minimum Gasteiger partial charge on any atom is -0.510 e. The molecule has 5 heteroatoms. The van der Waals surface area contributed by atoms with E-state index in [9.17, 15) is 4.79 Å². The van der Waals surface area contributed by atoms with Gasteiger partial charge >= 0.3 is 14.5 Å². The molecule has 2 rings (SSSR count). The van der Waals surface area contributed by atoms with E-state index in [-0.39, 0.29) is 0 Å². The van der Waals surface area contributed by atoms with E-state index in [2.05, 4.69) is 6.58 Å². The van der Waals surface area contributed by atoms with Crippen LogP contribution in [0.2, 0.25) is 6.55 Å². The van der Waals surface area contributed by atoms with Crippen molar-refractivity contribution in [2.24, 2.45) is 0 Å². The van der Waals surface area contributed by atoms with Crippen LogP contribution < -0.4 is 8.85 Å². The number of hydrogen-bond acceptors (Lipinski definition) is 4. The zero-order chi connectivity index (χ0) is 16.7. The predicted molar refractivity (Wildman–Crippen MR) is 91.5 cm³/mol. The van der Waals surface area contributed by atoms with Gasteiger partial charge in [-0.05, 0) is 31.2 Å². The summed E-state index contributed by atoms with van der Waals surface area (Å²) in [6, 6.07) is 18.7. The van der Waals surface area contributed by atoms with E-state index in [4.69, 9.17) is 13.6 Å². The summed E-state index contributed by atoms with van der Waals surface area (Å²) < 4.78 is 17.6. The number of ether oxygens (including phenoxy) is 1. The van der Waals surface area contributed by atoms with E-state index in [1.165, 1.54) is 0 Å². The van der Waals surface area contributed by atoms with Crippen molar-refractivity contribution < 1.29 is 18.4 Å². The molecule has 0 heterocycles. The van der Waals surface area contributed by atoms with Gasteiger partial charge in [0.15, 0.2) is 5.73 Å². The zero-order valence-corrected chi connectivity index (χ0v) is 14.3. The highest BCUT2D eigenvalue weighted by atomic mass is 28.4. The molecule has 0 radical (unpaired) electrons. The highest BCUT2D eigenvalue weighted by molar-refractivity contribution is 6.69. The first-order chi connectivity index (χ1) is 11.0. The first-order valence-corrected chi connectivity index (χ1v) is 9.74. The van der Waals surface area contributed by atoms with Gasteiger partial charge in [0, 0.05) is 12.6 Å². The van der Waals surface area contributed by atoms with Crippen LogP contribution >= 0.6 is 0 Å². The number of esters is 1. The molecule has 0 aliphatic carbocycles. The number of rotatable bonds is 7. The third-order valence-electron chi connectivity index (χ3n) is 3.33. The second-order valence-electron chi connectivity index (χ2n) is 5.13. The Kier molecular flexibility index (Phi) is 5.59. The van der Waals surface area contributed by atoms with Crippen LogP contribution in [0.3, 0.4) is 0 Å². The van der Waals surface area contributed by atoms with Crippen molar-refractivity contribution in [1.29, 1.82) is 0 Å². The maximum atomic E-state index is 11.5. The van der Waals surface area contributed by atoms with E-state index in [1.54, 1.807) is 6.92 Å². The molecule has 1 atom stereocenters. The van der Waals surface area contributed by atoms with Gasteiger partial charge in [-0.15, -0.1) is 0 Å². The van der Waals surface area contributed by atoms with Gasteiger partial charge in [-0.1, -0.05) is 43.0 Å². The minimum atomic E-state index is -2.90. The van der Waals surface area contributed by atoms with Gasteiger partial charge in [0.2, 0.25) is 0 Å². The van der Waals surface area contributed by atoms with E-state index in [1.807, 2.05) is 67.2 Å². The van der Waals surface area contributed by atoms with Crippen LogP contribution in [0.4, 0.5) is 0 Å². The number of benzene rings is 2. The Hall–Kier alpha value is -2.53. The maximum absolute atomic E-state index is 11.5.